The Morgan fingerprint density at radius 1 is 0.775 bits per heavy atom. The van der Waals surface area contributed by atoms with Crippen LogP contribution < -0.4 is 10.6 Å². The van der Waals surface area contributed by atoms with Gasteiger partial charge in [-0.05, 0) is 12.8 Å². The number of nitrogens with one attached hydrogen (secondary N) is 2. The quantitative estimate of drug-likeness (QED) is 0.0878. The molecule has 1 unspecified atom stereocenters. The number of ether oxygens (including phenoxy) is 1. The van der Waals surface area contributed by atoms with Gasteiger partial charge in [-0.3, -0.25) is 9.59 Å². The lowest BCUT2D eigenvalue weighted by molar-refractivity contribution is -0.125. The molecule has 0 aromatic rings. The third-order valence-corrected chi connectivity index (χ3v) is 8.88. The van der Waals surface area contributed by atoms with Crippen molar-refractivity contribution < 1.29 is 27.5 Å². The van der Waals surface area contributed by atoms with E-state index in [9.17, 15) is 22.8 Å². The van der Waals surface area contributed by atoms with E-state index in [1.807, 2.05) is 0 Å². The number of carbonyl (C=O) groups excluding carboxylic acids is 3. The molecule has 236 valence electrons. The van der Waals surface area contributed by atoms with Crippen LogP contribution in [0.4, 0.5) is 4.79 Å². The zero-order valence-corrected chi connectivity index (χ0v) is 26.9. The monoisotopic (exact) mass is 609 g/mol. The Hall–Kier alpha value is -1.55. The molecule has 2 N–H and O–H groups in total. The lowest BCUT2D eigenvalue weighted by Crippen LogP contribution is -2.50. The molecule has 0 spiro atoms. The lowest BCUT2D eigenvalue weighted by atomic mass is 10.0. The van der Waals surface area contributed by atoms with Gasteiger partial charge in [-0.1, -0.05) is 103 Å². The summed E-state index contributed by atoms with van der Waals surface area (Å²) in [6, 6.07) is -0.867. The smallest absolute Gasteiger partial charge is 0.407 e. The summed E-state index contributed by atoms with van der Waals surface area (Å²) in [5.41, 5.74) is 0. The molecule has 0 aromatic carbocycles. The summed E-state index contributed by atoms with van der Waals surface area (Å²) >= 11 is 5.59. The van der Waals surface area contributed by atoms with Gasteiger partial charge in [0.15, 0.2) is 0 Å². The van der Waals surface area contributed by atoms with Crippen LogP contribution in [-0.2, 0) is 24.3 Å². The molecular weight excluding hydrogens is 554 g/mol. The molecule has 0 bridgehead atoms. The van der Waals surface area contributed by atoms with E-state index in [-0.39, 0.29) is 31.2 Å². The molecule has 0 aromatic heterocycles. The molecule has 9 nitrogen and oxygen atoms in total. The van der Waals surface area contributed by atoms with E-state index in [4.69, 9.17) is 16.3 Å². The van der Waals surface area contributed by atoms with E-state index in [2.05, 4.69) is 17.6 Å². The molecule has 0 radical (unpaired) electrons. The van der Waals surface area contributed by atoms with Gasteiger partial charge in [0.05, 0.1) is 18.3 Å². The third-order valence-electron chi connectivity index (χ3n) is 6.73. The molecule has 0 saturated carbocycles. The highest BCUT2D eigenvalue weighted by Crippen LogP contribution is 2.13. The van der Waals surface area contributed by atoms with E-state index in [0.29, 0.717) is 10.8 Å². The van der Waals surface area contributed by atoms with Crippen LogP contribution in [0.15, 0.2) is 0 Å². The summed E-state index contributed by atoms with van der Waals surface area (Å²) in [6.07, 6.45) is 20.0. The van der Waals surface area contributed by atoms with Gasteiger partial charge < -0.3 is 15.4 Å². The summed E-state index contributed by atoms with van der Waals surface area (Å²) in [6.45, 7) is 4.55. The Balaban J connectivity index is 4.00. The predicted octanol–water partition coefficient (Wildman–Crippen LogP) is 6.29. The zero-order valence-electron chi connectivity index (χ0n) is 25.3. The van der Waals surface area contributed by atoms with Gasteiger partial charge in [-0.2, -0.15) is 0 Å². The van der Waals surface area contributed by atoms with Gasteiger partial charge in [-0.25, -0.2) is 17.5 Å². The first-order valence-corrected chi connectivity index (χ1v) is 17.5. The lowest BCUT2D eigenvalue weighted by Gasteiger charge is -2.26. The van der Waals surface area contributed by atoms with Crippen LogP contribution in [0.3, 0.4) is 0 Å². The van der Waals surface area contributed by atoms with Crippen molar-refractivity contribution in [3.8, 4) is 0 Å². The number of nitrogens with zero attached hydrogens (tertiary/aromatic N) is 1. The average Bonchev–Trinajstić information content (AvgIpc) is 2.90. The van der Waals surface area contributed by atoms with Crippen LogP contribution in [-0.4, -0.2) is 68.0 Å². The fourth-order valence-electron chi connectivity index (χ4n) is 4.50. The number of rotatable bonds is 26. The van der Waals surface area contributed by atoms with Crippen LogP contribution in [0.2, 0.25) is 0 Å². The van der Waals surface area contributed by atoms with E-state index in [1.165, 1.54) is 90.4 Å². The highest BCUT2D eigenvalue weighted by atomic mass is 35.5. The van der Waals surface area contributed by atoms with Crippen LogP contribution in [0.5, 0.6) is 0 Å². The first-order valence-electron chi connectivity index (χ1n) is 15.4. The van der Waals surface area contributed by atoms with Crippen LogP contribution in [0, 0.1) is 0 Å². The van der Waals surface area contributed by atoms with Gasteiger partial charge in [0, 0.05) is 26.3 Å². The number of hydrogen-bond donors (Lipinski definition) is 2. The molecule has 0 saturated heterocycles. The maximum Gasteiger partial charge on any atom is 0.407 e. The molecule has 0 rings (SSSR count). The minimum atomic E-state index is -3.90. The fraction of sp³-hybridized carbons (Fsp3) is 0.897. The number of amides is 3. The van der Waals surface area contributed by atoms with Crippen molar-refractivity contribution >= 4 is 39.5 Å². The number of halogens is 1. The standard InChI is InChI=1S/C29H56ClN3O6S/c1-4-5-6-7-8-9-10-11-12-13-14-15-16-17-18-19-22-31-29(36)39-25-28(32-26(2)34)24-33(27(3)35)40(37,38)23-20-21-30/h28H,4-25H2,1-3H3,(H,31,36)(H,32,34). The number of alkyl halides is 1. The Bertz CT molecular complexity index is 782. The van der Waals surface area contributed by atoms with Crippen molar-refractivity contribution in [1.82, 2.24) is 14.9 Å². The molecule has 0 fully saturated rings. The fourth-order valence-corrected chi connectivity index (χ4v) is 6.32. The second-order valence-electron chi connectivity index (χ2n) is 10.6. The van der Waals surface area contributed by atoms with Gasteiger partial charge in [0.2, 0.25) is 21.8 Å². The molecular formula is C29H56ClN3O6S. The first-order chi connectivity index (χ1) is 19.1. The maximum atomic E-state index is 12.5. The van der Waals surface area contributed by atoms with Crippen LogP contribution >= 0.6 is 11.6 Å². The van der Waals surface area contributed by atoms with Crippen molar-refractivity contribution in [2.75, 3.05) is 31.3 Å². The number of carbonyl (C=O) groups is 3. The number of hydrogen-bond acceptors (Lipinski definition) is 6. The van der Waals surface area contributed by atoms with E-state index in [0.717, 1.165) is 26.2 Å². The van der Waals surface area contributed by atoms with Crippen molar-refractivity contribution in [2.24, 2.45) is 0 Å². The minimum Gasteiger partial charge on any atom is -0.447 e. The van der Waals surface area contributed by atoms with Gasteiger partial charge >= 0.3 is 6.09 Å². The summed E-state index contributed by atoms with van der Waals surface area (Å²) in [5, 5.41) is 5.23. The van der Waals surface area contributed by atoms with Gasteiger partial charge in [-0.15, -0.1) is 11.6 Å². The maximum absolute atomic E-state index is 12.5. The van der Waals surface area contributed by atoms with E-state index < -0.39 is 34.0 Å². The van der Waals surface area contributed by atoms with Crippen LogP contribution in [0.1, 0.15) is 130 Å². The number of alkyl carbamates (subject to hydrolysis) is 1. The molecule has 0 aliphatic heterocycles. The SMILES string of the molecule is CCCCCCCCCCCCCCCCCCNC(=O)OCC(CN(C(C)=O)S(=O)(=O)CCCCl)NC(C)=O. The highest BCUT2D eigenvalue weighted by molar-refractivity contribution is 7.89. The summed E-state index contributed by atoms with van der Waals surface area (Å²) in [5.74, 6) is -1.26. The molecule has 0 aliphatic carbocycles. The van der Waals surface area contributed by atoms with E-state index in [1.54, 1.807) is 0 Å². The highest BCUT2D eigenvalue weighted by Gasteiger charge is 2.28. The summed E-state index contributed by atoms with van der Waals surface area (Å²) < 4.78 is 30.9. The number of sulfonamides is 1. The number of unbranched alkanes of at least 4 members (excludes halogenated alkanes) is 15. The summed E-state index contributed by atoms with van der Waals surface area (Å²) in [4.78, 5) is 35.7. The first kappa shape index (κ1) is 38.5. The Morgan fingerprint density at radius 2 is 1.25 bits per heavy atom. The minimum absolute atomic E-state index is 0.142. The third kappa shape index (κ3) is 22.2. The van der Waals surface area contributed by atoms with Crippen molar-refractivity contribution in [1.29, 1.82) is 0 Å². The predicted molar refractivity (Wildman–Crippen MR) is 163 cm³/mol. The normalized spacial score (nSPS) is 12.1. The zero-order chi connectivity index (χ0) is 30.1. The Morgan fingerprint density at radius 3 is 1.68 bits per heavy atom. The topological polar surface area (TPSA) is 122 Å². The van der Waals surface area contributed by atoms with E-state index >= 15 is 0 Å². The molecule has 0 heterocycles. The van der Waals surface area contributed by atoms with Gasteiger partial charge in [0.1, 0.15) is 6.61 Å². The Kier molecular flexibility index (Phi) is 24.2. The van der Waals surface area contributed by atoms with Crippen molar-refractivity contribution in [3.05, 3.63) is 0 Å². The van der Waals surface area contributed by atoms with Crippen molar-refractivity contribution in [3.63, 3.8) is 0 Å². The summed E-state index contributed by atoms with van der Waals surface area (Å²) in [7, 11) is -3.90. The Labute approximate surface area is 248 Å². The average molecular weight is 610 g/mol. The molecule has 11 heteroatoms. The molecule has 3 amide bonds. The largest absolute Gasteiger partial charge is 0.447 e. The second-order valence-corrected chi connectivity index (χ2v) is 13.0. The van der Waals surface area contributed by atoms with Crippen molar-refractivity contribution in [2.45, 2.75) is 136 Å². The molecule has 1 atom stereocenters. The van der Waals surface area contributed by atoms with Gasteiger partial charge in [0.25, 0.3) is 0 Å². The molecule has 40 heavy (non-hydrogen) atoms. The molecule has 0 aliphatic rings. The van der Waals surface area contributed by atoms with Crippen LogP contribution in [0.25, 0.3) is 0 Å². The second kappa shape index (κ2) is 25.2.